The fraction of sp³-hybridized carbons (Fsp3) is 0.654. The van der Waals surface area contributed by atoms with E-state index >= 15 is 0 Å². The number of aryl methyl sites for hydroxylation is 2. The van der Waals surface area contributed by atoms with E-state index in [1.54, 1.807) is 4.90 Å². The summed E-state index contributed by atoms with van der Waals surface area (Å²) in [5.41, 5.74) is 1.84. The molecule has 2 saturated heterocycles. The summed E-state index contributed by atoms with van der Waals surface area (Å²) in [6, 6.07) is 5.63. The number of benzene rings is 1. The molecule has 5 rings (SSSR count). The Morgan fingerprint density at radius 3 is 2.50 bits per heavy atom. The van der Waals surface area contributed by atoms with E-state index in [9.17, 15) is 18.0 Å². The number of aliphatic imine (C=N–C) groups is 1. The summed E-state index contributed by atoms with van der Waals surface area (Å²) >= 11 is 0. The van der Waals surface area contributed by atoms with Crippen LogP contribution in [0.25, 0.3) is 0 Å². The third kappa shape index (κ3) is 4.95. The van der Waals surface area contributed by atoms with E-state index < -0.39 is 15.6 Å². The van der Waals surface area contributed by atoms with Gasteiger partial charge in [-0.05, 0) is 68.2 Å². The number of carbonyl (C=O) groups is 2. The lowest BCUT2D eigenvalue weighted by Gasteiger charge is -2.34. The number of carbonyl (C=O) groups excluding carboxylic acids is 2. The van der Waals surface area contributed by atoms with Crippen LogP contribution in [0.3, 0.4) is 0 Å². The minimum absolute atomic E-state index is 0.00686. The third-order valence-electron chi connectivity index (χ3n) is 8.36. The SMILES string of the molecule is Cc1cc(N2COCC2=O)ccc1CCS(=O)(=O)N1CCC2(CC1)N=C(C1CCC(C)CC1)NC2=O. The van der Waals surface area contributed by atoms with E-state index in [4.69, 9.17) is 9.73 Å². The second kappa shape index (κ2) is 9.87. The highest BCUT2D eigenvalue weighted by atomic mass is 32.2. The smallest absolute Gasteiger partial charge is 0.254 e. The molecule has 0 unspecified atom stereocenters. The lowest BCUT2D eigenvalue weighted by atomic mass is 9.82. The molecule has 0 aromatic heterocycles. The van der Waals surface area contributed by atoms with Crippen LogP contribution in [-0.2, 0) is 30.8 Å². The summed E-state index contributed by atoms with van der Waals surface area (Å²) in [5.74, 6) is 1.74. The Bertz CT molecular complexity index is 1160. The summed E-state index contributed by atoms with van der Waals surface area (Å²) in [6.45, 7) is 5.15. The summed E-state index contributed by atoms with van der Waals surface area (Å²) in [6.07, 6.45) is 5.66. The Morgan fingerprint density at radius 2 is 1.86 bits per heavy atom. The van der Waals surface area contributed by atoms with Crippen molar-refractivity contribution in [1.82, 2.24) is 9.62 Å². The average Bonchev–Trinajstić information content (AvgIpc) is 3.42. The third-order valence-corrected chi connectivity index (χ3v) is 10.2. The Kier molecular flexibility index (Phi) is 6.95. The number of ether oxygens (including phenoxy) is 1. The molecule has 36 heavy (non-hydrogen) atoms. The van der Waals surface area contributed by atoms with Crippen molar-refractivity contribution in [2.45, 2.75) is 64.3 Å². The van der Waals surface area contributed by atoms with Gasteiger partial charge in [-0.25, -0.2) is 12.7 Å². The van der Waals surface area contributed by atoms with Crippen molar-refractivity contribution in [2.75, 3.05) is 37.1 Å². The molecule has 3 heterocycles. The van der Waals surface area contributed by atoms with Gasteiger partial charge in [0.15, 0.2) is 0 Å². The van der Waals surface area contributed by atoms with Gasteiger partial charge in [0, 0.05) is 24.7 Å². The van der Waals surface area contributed by atoms with E-state index in [1.807, 2.05) is 25.1 Å². The van der Waals surface area contributed by atoms with Gasteiger partial charge in [-0.3, -0.25) is 19.5 Å². The van der Waals surface area contributed by atoms with E-state index in [0.29, 0.717) is 38.3 Å². The standard InChI is InChI=1S/C26H36N4O5S/c1-18-3-5-21(6-4-18)24-27-25(32)26(28-24)10-12-29(13-11-26)36(33,34)14-9-20-7-8-22(15-19(20)2)30-17-35-16-23(30)31/h7-8,15,18,21H,3-6,9-14,16-17H2,1-2H3,(H,27,28,32). The van der Waals surface area contributed by atoms with Gasteiger partial charge < -0.3 is 10.1 Å². The fourth-order valence-corrected chi connectivity index (χ4v) is 7.31. The molecule has 4 aliphatic rings. The summed E-state index contributed by atoms with van der Waals surface area (Å²) < 4.78 is 33.0. The van der Waals surface area contributed by atoms with Gasteiger partial charge in [-0.2, -0.15) is 0 Å². The molecule has 1 aliphatic carbocycles. The van der Waals surface area contributed by atoms with Crippen LogP contribution in [0.2, 0.25) is 0 Å². The molecule has 1 saturated carbocycles. The van der Waals surface area contributed by atoms with Crippen LogP contribution in [0, 0.1) is 18.8 Å². The highest BCUT2D eigenvalue weighted by Crippen LogP contribution is 2.36. The van der Waals surface area contributed by atoms with Gasteiger partial charge in [0.25, 0.3) is 11.8 Å². The lowest BCUT2D eigenvalue weighted by molar-refractivity contribution is -0.125. The second-order valence-corrected chi connectivity index (χ2v) is 12.9. The topological polar surface area (TPSA) is 108 Å². The zero-order chi connectivity index (χ0) is 25.5. The average molecular weight is 517 g/mol. The van der Waals surface area contributed by atoms with Crippen molar-refractivity contribution < 1.29 is 22.7 Å². The van der Waals surface area contributed by atoms with Crippen molar-refractivity contribution in [1.29, 1.82) is 0 Å². The molecular weight excluding hydrogens is 480 g/mol. The normalized spacial score (nSPS) is 26.9. The molecule has 1 aromatic rings. The van der Waals surface area contributed by atoms with Crippen LogP contribution < -0.4 is 10.2 Å². The molecule has 1 N–H and O–H groups in total. The Labute approximate surface area is 213 Å². The van der Waals surface area contributed by atoms with Gasteiger partial charge in [-0.15, -0.1) is 0 Å². The number of nitrogens with zero attached hydrogens (tertiary/aromatic N) is 3. The number of hydrogen-bond donors (Lipinski definition) is 1. The number of hydrogen-bond acceptors (Lipinski definition) is 6. The predicted molar refractivity (Wildman–Crippen MR) is 137 cm³/mol. The molecule has 0 radical (unpaired) electrons. The molecule has 0 bridgehead atoms. The first-order valence-electron chi connectivity index (χ1n) is 13.0. The first kappa shape index (κ1) is 25.4. The Hall–Kier alpha value is -2.30. The van der Waals surface area contributed by atoms with Crippen molar-refractivity contribution in [2.24, 2.45) is 16.8 Å². The maximum atomic E-state index is 13.1. The highest BCUT2D eigenvalue weighted by Gasteiger charge is 2.48. The van der Waals surface area contributed by atoms with Crippen LogP contribution >= 0.6 is 0 Å². The monoisotopic (exact) mass is 516 g/mol. The van der Waals surface area contributed by atoms with Gasteiger partial charge in [0.2, 0.25) is 10.0 Å². The largest absolute Gasteiger partial charge is 0.351 e. The zero-order valence-corrected chi connectivity index (χ0v) is 22.0. The second-order valence-electron chi connectivity index (χ2n) is 10.8. The molecule has 196 valence electrons. The van der Waals surface area contributed by atoms with Crippen LogP contribution in [0.4, 0.5) is 5.69 Å². The van der Waals surface area contributed by atoms with Crippen molar-refractivity contribution in [3.63, 3.8) is 0 Å². The van der Waals surface area contributed by atoms with Crippen LogP contribution in [0.5, 0.6) is 0 Å². The first-order chi connectivity index (χ1) is 17.2. The first-order valence-corrected chi connectivity index (χ1v) is 14.6. The maximum Gasteiger partial charge on any atom is 0.254 e. The van der Waals surface area contributed by atoms with E-state index in [0.717, 1.165) is 54.3 Å². The van der Waals surface area contributed by atoms with E-state index in [-0.39, 0.29) is 30.9 Å². The fourth-order valence-electron chi connectivity index (χ4n) is 5.83. The molecule has 1 aromatic carbocycles. The number of amidine groups is 1. The minimum Gasteiger partial charge on any atom is -0.351 e. The van der Waals surface area contributed by atoms with Crippen LogP contribution in [-0.4, -0.2) is 68.1 Å². The van der Waals surface area contributed by atoms with Gasteiger partial charge in [0.1, 0.15) is 24.7 Å². The van der Waals surface area contributed by atoms with Gasteiger partial charge in [0.05, 0.1) is 5.75 Å². The number of anilines is 1. The highest BCUT2D eigenvalue weighted by molar-refractivity contribution is 7.89. The summed E-state index contributed by atoms with van der Waals surface area (Å²) in [7, 11) is -3.47. The van der Waals surface area contributed by atoms with Crippen molar-refractivity contribution >= 4 is 33.4 Å². The molecule has 9 nitrogen and oxygen atoms in total. The van der Waals surface area contributed by atoms with Crippen molar-refractivity contribution in [3.05, 3.63) is 29.3 Å². The summed E-state index contributed by atoms with van der Waals surface area (Å²) in [4.78, 5) is 31.3. The molecule has 3 fully saturated rings. The predicted octanol–water partition coefficient (Wildman–Crippen LogP) is 2.38. The quantitative estimate of drug-likeness (QED) is 0.625. The number of sulfonamides is 1. The summed E-state index contributed by atoms with van der Waals surface area (Å²) in [5, 5.41) is 3.04. The molecule has 10 heteroatoms. The van der Waals surface area contributed by atoms with E-state index in [2.05, 4.69) is 12.2 Å². The van der Waals surface area contributed by atoms with Crippen LogP contribution in [0.1, 0.15) is 56.6 Å². The maximum absolute atomic E-state index is 13.1. The minimum atomic E-state index is -3.47. The zero-order valence-electron chi connectivity index (χ0n) is 21.2. The van der Waals surface area contributed by atoms with Crippen molar-refractivity contribution in [3.8, 4) is 0 Å². The Balaban J connectivity index is 1.18. The van der Waals surface area contributed by atoms with Gasteiger partial charge >= 0.3 is 0 Å². The molecule has 1 spiro atoms. The number of rotatable bonds is 6. The molecule has 0 atom stereocenters. The van der Waals surface area contributed by atoms with Gasteiger partial charge in [-0.1, -0.05) is 25.8 Å². The van der Waals surface area contributed by atoms with E-state index in [1.165, 1.54) is 4.31 Å². The lowest BCUT2D eigenvalue weighted by Crippen LogP contribution is -2.51. The number of piperidine rings is 1. The molecule has 2 amide bonds. The molecule has 3 aliphatic heterocycles. The number of amides is 2. The number of nitrogens with one attached hydrogen (secondary N) is 1. The Morgan fingerprint density at radius 1 is 1.14 bits per heavy atom. The van der Waals surface area contributed by atoms with Crippen LogP contribution in [0.15, 0.2) is 23.2 Å². The molecular formula is C26H36N4O5S.